The smallest absolute Gasteiger partial charge is 0.273 e. The van der Waals surface area contributed by atoms with Crippen LogP contribution in [0.25, 0.3) is 0 Å². The van der Waals surface area contributed by atoms with Gasteiger partial charge in [0, 0.05) is 6.54 Å². The summed E-state index contributed by atoms with van der Waals surface area (Å²) in [7, 11) is 0. The summed E-state index contributed by atoms with van der Waals surface area (Å²) in [5, 5.41) is -0.123. The second-order valence-electron chi connectivity index (χ2n) is 2.93. The van der Waals surface area contributed by atoms with Crippen LogP contribution in [0.1, 0.15) is 20.8 Å². The standard InChI is InChI=1S/C7H11NO2S/c1-4-8-5(9)7(2,3)11-6(8)10/h4H2,1-3H3. The molecule has 1 saturated heterocycles. The molecule has 0 unspecified atom stereocenters. The Hall–Kier alpha value is -0.510. The van der Waals surface area contributed by atoms with Crippen LogP contribution in [0.5, 0.6) is 0 Å². The Kier molecular flexibility index (Phi) is 1.96. The number of hydrogen-bond donors (Lipinski definition) is 0. The van der Waals surface area contributed by atoms with Gasteiger partial charge in [0.25, 0.3) is 5.24 Å². The van der Waals surface area contributed by atoms with Crippen LogP contribution in [0, 0.1) is 0 Å². The molecule has 62 valence electrons. The highest BCUT2D eigenvalue weighted by molar-refractivity contribution is 8.16. The molecule has 0 bridgehead atoms. The van der Waals surface area contributed by atoms with Crippen molar-refractivity contribution >= 4 is 22.9 Å². The summed E-state index contributed by atoms with van der Waals surface area (Å²) in [4.78, 5) is 23.7. The van der Waals surface area contributed by atoms with Crippen molar-refractivity contribution < 1.29 is 9.59 Å². The van der Waals surface area contributed by atoms with E-state index < -0.39 is 4.75 Å². The number of nitrogens with zero attached hydrogens (tertiary/aromatic N) is 1. The third-order valence-corrected chi connectivity index (χ3v) is 2.72. The summed E-state index contributed by atoms with van der Waals surface area (Å²) in [5.41, 5.74) is 0. The van der Waals surface area contributed by atoms with E-state index in [4.69, 9.17) is 0 Å². The highest BCUT2D eigenvalue weighted by Crippen LogP contribution is 2.36. The number of carbonyl (C=O) groups excluding carboxylic acids is 2. The Labute approximate surface area is 70.1 Å². The first-order chi connectivity index (χ1) is 4.99. The molecule has 2 amide bonds. The monoisotopic (exact) mass is 173 g/mol. The number of imide groups is 1. The van der Waals surface area contributed by atoms with Gasteiger partial charge in [0.1, 0.15) is 0 Å². The minimum absolute atomic E-state index is 0.0741. The molecule has 0 aromatic rings. The van der Waals surface area contributed by atoms with Gasteiger partial charge >= 0.3 is 0 Å². The molecule has 0 aromatic carbocycles. The van der Waals surface area contributed by atoms with E-state index in [0.717, 1.165) is 11.8 Å². The van der Waals surface area contributed by atoms with Gasteiger partial charge < -0.3 is 0 Å². The lowest BCUT2D eigenvalue weighted by Gasteiger charge is -2.13. The maximum absolute atomic E-state index is 11.4. The third kappa shape index (κ3) is 1.27. The quantitative estimate of drug-likeness (QED) is 0.602. The molecule has 1 fully saturated rings. The Balaban J connectivity index is 2.88. The first-order valence-corrected chi connectivity index (χ1v) is 4.35. The molecule has 0 aliphatic carbocycles. The van der Waals surface area contributed by atoms with Crippen molar-refractivity contribution in [2.75, 3.05) is 6.54 Å². The van der Waals surface area contributed by atoms with Crippen LogP contribution in [-0.4, -0.2) is 27.3 Å². The summed E-state index contributed by atoms with van der Waals surface area (Å²) < 4.78 is -0.549. The number of thioether (sulfide) groups is 1. The normalized spacial score (nSPS) is 23.0. The first-order valence-electron chi connectivity index (χ1n) is 3.54. The van der Waals surface area contributed by atoms with Gasteiger partial charge in [-0.2, -0.15) is 0 Å². The van der Waals surface area contributed by atoms with E-state index in [1.807, 2.05) is 0 Å². The van der Waals surface area contributed by atoms with Gasteiger partial charge in [0.05, 0.1) is 4.75 Å². The first kappa shape index (κ1) is 8.59. The molecular formula is C7H11NO2S. The van der Waals surface area contributed by atoms with Crippen LogP contribution < -0.4 is 0 Å². The summed E-state index contributed by atoms with van der Waals surface area (Å²) in [6.07, 6.45) is 0. The lowest BCUT2D eigenvalue weighted by atomic mass is 10.2. The van der Waals surface area contributed by atoms with E-state index in [2.05, 4.69) is 0 Å². The zero-order chi connectivity index (χ0) is 8.65. The van der Waals surface area contributed by atoms with Crippen molar-refractivity contribution in [1.29, 1.82) is 0 Å². The Morgan fingerprint density at radius 1 is 1.45 bits per heavy atom. The third-order valence-electron chi connectivity index (χ3n) is 1.64. The molecule has 0 aromatic heterocycles. The molecule has 4 heteroatoms. The number of amides is 2. The lowest BCUT2D eigenvalue weighted by molar-refractivity contribution is -0.128. The average molecular weight is 173 g/mol. The predicted octanol–water partition coefficient (Wildman–Crippen LogP) is 1.48. The zero-order valence-corrected chi connectivity index (χ0v) is 7.70. The van der Waals surface area contributed by atoms with Crippen molar-refractivity contribution in [2.24, 2.45) is 0 Å². The van der Waals surface area contributed by atoms with Crippen molar-refractivity contribution in [1.82, 2.24) is 4.90 Å². The zero-order valence-electron chi connectivity index (χ0n) is 6.88. The van der Waals surface area contributed by atoms with Crippen molar-refractivity contribution in [2.45, 2.75) is 25.5 Å². The topological polar surface area (TPSA) is 37.4 Å². The van der Waals surface area contributed by atoms with E-state index >= 15 is 0 Å². The van der Waals surface area contributed by atoms with Gasteiger partial charge in [-0.25, -0.2) is 0 Å². The predicted molar refractivity (Wildman–Crippen MR) is 44.5 cm³/mol. The highest BCUT2D eigenvalue weighted by atomic mass is 32.2. The maximum Gasteiger partial charge on any atom is 0.289 e. The number of rotatable bonds is 1. The molecular weight excluding hydrogens is 162 g/mol. The van der Waals surface area contributed by atoms with Gasteiger partial charge in [0.15, 0.2) is 0 Å². The molecule has 0 atom stereocenters. The summed E-state index contributed by atoms with van der Waals surface area (Å²) in [6.45, 7) is 5.83. The van der Waals surface area contributed by atoms with E-state index in [1.54, 1.807) is 20.8 Å². The average Bonchev–Trinajstić information content (AvgIpc) is 2.04. The number of carbonyl (C=O) groups is 2. The second kappa shape index (κ2) is 2.52. The summed E-state index contributed by atoms with van der Waals surface area (Å²) >= 11 is 1.10. The fourth-order valence-electron chi connectivity index (χ4n) is 0.998. The molecule has 1 rings (SSSR count). The fraction of sp³-hybridized carbons (Fsp3) is 0.714. The molecule has 3 nitrogen and oxygen atoms in total. The van der Waals surface area contributed by atoms with Crippen LogP contribution in [0.4, 0.5) is 4.79 Å². The Morgan fingerprint density at radius 3 is 2.18 bits per heavy atom. The van der Waals surface area contributed by atoms with E-state index in [0.29, 0.717) is 6.54 Å². The minimum Gasteiger partial charge on any atom is -0.273 e. The van der Waals surface area contributed by atoms with Crippen LogP contribution in [0.3, 0.4) is 0 Å². The van der Waals surface area contributed by atoms with Gasteiger partial charge in [0.2, 0.25) is 5.91 Å². The van der Waals surface area contributed by atoms with Crippen LogP contribution >= 0.6 is 11.8 Å². The SMILES string of the molecule is CCN1C(=O)SC(C)(C)C1=O. The molecule has 0 saturated carbocycles. The van der Waals surface area contributed by atoms with E-state index in [-0.39, 0.29) is 11.1 Å². The Bertz CT molecular complexity index is 212. The largest absolute Gasteiger partial charge is 0.289 e. The molecule has 0 spiro atoms. The van der Waals surface area contributed by atoms with Gasteiger partial charge in [-0.15, -0.1) is 0 Å². The van der Waals surface area contributed by atoms with Crippen LogP contribution in [-0.2, 0) is 4.79 Å². The fourth-order valence-corrected chi connectivity index (χ4v) is 1.95. The lowest BCUT2D eigenvalue weighted by Crippen LogP contribution is -2.35. The molecule has 1 heterocycles. The molecule has 0 radical (unpaired) electrons. The van der Waals surface area contributed by atoms with Gasteiger partial charge in [-0.3, -0.25) is 14.5 Å². The van der Waals surface area contributed by atoms with Crippen molar-refractivity contribution in [3.8, 4) is 0 Å². The minimum atomic E-state index is -0.549. The Morgan fingerprint density at radius 2 is 2.00 bits per heavy atom. The van der Waals surface area contributed by atoms with Crippen molar-refractivity contribution in [3.05, 3.63) is 0 Å². The molecule has 1 aliphatic rings. The highest BCUT2D eigenvalue weighted by Gasteiger charge is 2.44. The summed E-state index contributed by atoms with van der Waals surface area (Å²) in [5.74, 6) is -0.0741. The number of hydrogen-bond acceptors (Lipinski definition) is 3. The van der Waals surface area contributed by atoms with Crippen molar-refractivity contribution in [3.63, 3.8) is 0 Å². The van der Waals surface area contributed by atoms with Crippen LogP contribution in [0.15, 0.2) is 0 Å². The molecule has 11 heavy (non-hydrogen) atoms. The van der Waals surface area contributed by atoms with E-state index in [9.17, 15) is 9.59 Å². The maximum atomic E-state index is 11.4. The second-order valence-corrected chi connectivity index (χ2v) is 4.50. The summed E-state index contributed by atoms with van der Waals surface area (Å²) in [6, 6.07) is 0. The van der Waals surface area contributed by atoms with Crippen LogP contribution in [0.2, 0.25) is 0 Å². The molecule has 1 aliphatic heterocycles. The van der Waals surface area contributed by atoms with Gasteiger partial charge in [-0.05, 0) is 32.5 Å². The van der Waals surface area contributed by atoms with Gasteiger partial charge in [-0.1, -0.05) is 0 Å². The van der Waals surface area contributed by atoms with E-state index in [1.165, 1.54) is 4.90 Å². The molecule has 0 N–H and O–H groups in total.